The Labute approximate surface area is 160 Å². The third-order valence-electron chi connectivity index (χ3n) is 4.20. The molecule has 1 N–H and O–H groups in total. The van der Waals surface area contributed by atoms with Crippen molar-refractivity contribution >= 4 is 34.2 Å². The Morgan fingerprint density at radius 3 is 2.52 bits per heavy atom. The Balaban J connectivity index is 1.71. The molecule has 4 nitrogen and oxygen atoms in total. The van der Waals surface area contributed by atoms with Crippen LogP contribution in [-0.2, 0) is 0 Å². The molecule has 0 aliphatic carbocycles. The van der Waals surface area contributed by atoms with E-state index in [1.54, 1.807) is 60.7 Å². The fourth-order valence-electron chi connectivity index (χ4n) is 2.85. The van der Waals surface area contributed by atoms with Gasteiger partial charge in [-0.1, -0.05) is 54.1 Å². The second-order valence-electron chi connectivity index (χ2n) is 6.00. The van der Waals surface area contributed by atoms with Crippen molar-refractivity contribution in [1.82, 2.24) is 0 Å². The SMILES string of the molecule is O=C(Nc1ccccc1Cl)c1cccc(-c2cc3ccccc3oc2=O)c1. The number of hydrogen-bond acceptors (Lipinski definition) is 3. The van der Waals surface area contributed by atoms with Crippen molar-refractivity contribution in [2.75, 3.05) is 5.32 Å². The molecule has 27 heavy (non-hydrogen) atoms. The van der Waals surface area contributed by atoms with Crippen molar-refractivity contribution < 1.29 is 9.21 Å². The van der Waals surface area contributed by atoms with Gasteiger partial charge in [-0.05, 0) is 42.0 Å². The molecular formula is C22H14ClNO3. The molecule has 0 aliphatic rings. The summed E-state index contributed by atoms with van der Waals surface area (Å²) in [5.74, 6) is -0.310. The molecule has 0 aliphatic heterocycles. The van der Waals surface area contributed by atoms with Gasteiger partial charge in [-0.25, -0.2) is 4.79 Å². The predicted molar refractivity (Wildman–Crippen MR) is 107 cm³/mol. The largest absolute Gasteiger partial charge is 0.422 e. The maximum absolute atomic E-state index is 12.6. The first-order valence-electron chi connectivity index (χ1n) is 8.31. The minimum atomic E-state index is -0.447. The number of halogens is 1. The molecule has 0 radical (unpaired) electrons. The molecular weight excluding hydrogens is 362 g/mol. The van der Waals surface area contributed by atoms with E-state index in [1.165, 1.54) is 0 Å². The van der Waals surface area contributed by atoms with Gasteiger partial charge in [0.15, 0.2) is 0 Å². The van der Waals surface area contributed by atoms with E-state index in [0.29, 0.717) is 33.0 Å². The van der Waals surface area contributed by atoms with Gasteiger partial charge in [-0.3, -0.25) is 4.79 Å². The van der Waals surface area contributed by atoms with Gasteiger partial charge in [0.05, 0.1) is 16.3 Å². The number of carbonyl (C=O) groups excluding carboxylic acids is 1. The Hall–Kier alpha value is -3.37. The average molecular weight is 376 g/mol. The predicted octanol–water partition coefficient (Wildman–Crippen LogP) is 5.37. The van der Waals surface area contributed by atoms with Crippen LogP contribution < -0.4 is 10.9 Å². The second kappa shape index (κ2) is 7.09. The normalized spacial score (nSPS) is 10.7. The van der Waals surface area contributed by atoms with Crippen LogP contribution in [0.3, 0.4) is 0 Å². The maximum Gasteiger partial charge on any atom is 0.344 e. The van der Waals surface area contributed by atoms with Gasteiger partial charge in [0.25, 0.3) is 5.91 Å². The standard InChI is InChI=1S/C22H14ClNO3/c23-18-9-2-3-10-19(18)24-21(25)16-8-5-7-14(12-16)17-13-15-6-1-4-11-20(15)27-22(17)26/h1-13H,(H,24,25). The molecule has 1 heterocycles. The summed E-state index contributed by atoms with van der Waals surface area (Å²) in [7, 11) is 0. The number of anilines is 1. The minimum absolute atomic E-state index is 0.310. The fourth-order valence-corrected chi connectivity index (χ4v) is 3.03. The molecule has 0 saturated heterocycles. The van der Waals surface area contributed by atoms with E-state index >= 15 is 0 Å². The van der Waals surface area contributed by atoms with Crippen LogP contribution in [0.15, 0.2) is 88.1 Å². The van der Waals surface area contributed by atoms with E-state index in [4.69, 9.17) is 16.0 Å². The highest BCUT2D eigenvalue weighted by Gasteiger charge is 2.12. The fraction of sp³-hybridized carbons (Fsp3) is 0. The smallest absolute Gasteiger partial charge is 0.344 e. The summed E-state index contributed by atoms with van der Waals surface area (Å²) < 4.78 is 5.39. The van der Waals surface area contributed by atoms with Crippen LogP contribution in [0.25, 0.3) is 22.1 Å². The highest BCUT2D eigenvalue weighted by Crippen LogP contribution is 2.24. The molecule has 1 amide bonds. The number of para-hydroxylation sites is 2. The molecule has 0 unspecified atom stereocenters. The minimum Gasteiger partial charge on any atom is -0.422 e. The number of nitrogens with one attached hydrogen (secondary N) is 1. The van der Waals surface area contributed by atoms with Crippen LogP contribution >= 0.6 is 11.6 Å². The Morgan fingerprint density at radius 2 is 1.67 bits per heavy atom. The monoisotopic (exact) mass is 375 g/mol. The van der Waals surface area contributed by atoms with E-state index in [1.807, 2.05) is 18.2 Å². The van der Waals surface area contributed by atoms with Gasteiger partial charge >= 0.3 is 5.63 Å². The summed E-state index contributed by atoms with van der Waals surface area (Å²) in [6.45, 7) is 0. The van der Waals surface area contributed by atoms with Crippen molar-refractivity contribution in [3.05, 3.63) is 99.9 Å². The summed E-state index contributed by atoms with van der Waals surface area (Å²) >= 11 is 6.09. The lowest BCUT2D eigenvalue weighted by Gasteiger charge is -2.08. The summed E-state index contributed by atoms with van der Waals surface area (Å²) in [5, 5.41) is 4.05. The molecule has 5 heteroatoms. The lowest BCUT2D eigenvalue weighted by molar-refractivity contribution is 0.102. The Bertz CT molecular complexity index is 1210. The summed E-state index contributed by atoms with van der Waals surface area (Å²) in [6.07, 6.45) is 0. The van der Waals surface area contributed by atoms with Crippen LogP contribution in [0, 0.1) is 0 Å². The number of amides is 1. The molecule has 132 valence electrons. The van der Waals surface area contributed by atoms with Gasteiger partial charge in [0, 0.05) is 10.9 Å². The van der Waals surface area contributed by atoms with Crippen LogP contribution in [0.2, 0.25) is 5.02 Å². The van der Waals surface area contributed by atoms with Crippen molar-refractivity contribution in [2.24, 2.45) is 0 Å². The van der Waals surface area contributed by atoms with E-state index in [9.17, 15) is 9.59 Å². The van der Waals surface area contributed by atoms with Gasteiger partial charge in [0.1, 0.15) is 5.58 Å². The highest BCUT2D eigenvalue weighted by atomic mass is 35.5. The molecule has 4 aromatic rings. The maximum atomic E-state index is 12.6. The zero-order chi connectivity index (χ0) is 18.8. The van der Waals surface area contributed by atoms with Crippen LogP contribution in [0.5, 0.6) is 0 Å². The number of carbonyl (C=O) groups is 1. The molecule has 4 rings (SSSR count). The zero-order valence-electron chi connectivity index (χ0n) is 14.1. The lowest BCUT2D eigenvalue weighted by atomic mass is 10.0. The summed E-state index contributed by atoms with van der Waals surface area (Å²) in [6, 6.07) is 22.9. The lowest BCUT2D eigenvalue weighted by Crippen LogP contribution is -2.12. The number of hydrogen-bond donors (Lipinski definition) is 1. The molecule has 0 saturated carbocycles. The van der Waals surface area contributed by atoms with E-state index < -0.39 is 5.63 Å². The molecule has 0 bridgehead atoms. The zero-order valence-corrected chi connectivity index (χ0v) is 14.9. The average Bonchev–Trinajstić information content (AvgIpc) is 2.69. The van der Waals surface area contributed by atoms with Crippen molar-refractivity contribution in [1.29, 1.82) is 0 Å². The molecule has 0 fully saturated rings. The summed E-state index contributed by atoms with van der Waals surface area (Å²) in [4.78, 5) is 24.9. The molecule has 0 spiro atoms. The van der Waals surface area contributed by atoms with Crippen LogP contribution in [0.1, 0.15) is 10.4 Å². The van der Waals surface area contributed by atoms with Gasteiger partial charge in [-0.2, -0.15) is 0 Å². The third kappa shape index (κ3) is 3.48. The molecule has 0 atom stereocenters. The number of rotatable bonds is 3. The van der Waals surface area contributed by atoms with Crippen molar-refractivity contribution in [3.8, 4) is 11.1 Å². The van der Waals surface area contributed by atoms with Crippen molar-refractivity contribution in [3.63, 3.8) is 0 Å². The number of fused-ring (bicyclic) bond motifs is 1. The van der Waals surface area contributed by atoms with Crippen LogP contribution in [0.4, 0.5) is 5.69 Å². The first-order chi connectivity index (χ1) is 13.1. The van der Waals surface area contributed by atoms with Crippen molar-refractivity contribution in [2.45, 2.75) is 0 Å². The quantitative estimate of drug-likeness (QED) is 0.490. The topological polar surface area (TPSA) is 59.3 Å². The van der Waals surface area contributed by atoms with E-state index in [2.05, 4.69) is 5.32 Å². The Kier molecular flexibility index (Phi) is 4.48. The Morgan fingerprint density at radius 1 is 0.889 bits per heavy atom. The summed E-state index contributed by atoms with van der Waals surface area (Å²) in [5.41, 5.74) is 2.04. The first-order valence-corrected chi connectivity index (χ1v) is 8.69. The molecule has 1 aromatic heterocycles. The molecule has 3 aromatic carbocycles. The second-order valence-corrected chi connectivity index (χ2v) is 6.41. The van der Waals surface area contributed by atoms with Gasteiger partial charge < -0.3 is 9.73 Å². The van der Waals surface area contributed by atoms with Crippen LogP contribution in [-0.4, -0.2) is 5.91 Å². The highest BCUT2D eigenvalue weighted by molar-refractivity contribution is 6.33. The first kappa shape index (κ1) is 17.1. The van der Waals surface area contributed by atoms with E-state index in [-0.39, 0.29) is 5.91 Å². The third-order valence-corrected chi connectivity index (χ3v) is 4.53. The van der Waals surface area contributed by atoms with Gasteiger partial charge in [0.2, 0.25) is 0 Å². The number of benzene rings is 3. The van der Waals surface area contributed by atoms with E-state index in [0.717, 1.165) is 5.39 Å². The van der Waals surface area contributed by atoms with Gasteiger partial charge in [-0.15, -0.1) is 0 Å².